The molecule has 2 aromatic rings. The summed E-state index contributed by atoms with van der Waals surface area (Å²) in [6.45, 7) is 0. The number of ether oxygens (including phenoxy) is 2. The molecule has 1 fully saturated rings. The van der Waals surface area contributed by atoms with Gasteiger partial charge in [0.2, 0.25) is 0 Å². The van der Waals surface area contributed by atoms with Gasteiger partial charge < -0.3 is 9.47 Å². The molecule has 0 radical (unpaired) electrons. The van der Waals surface area contributed by atoms with Crippen LogP contribution >= 0.6 is 11.3 Å². The van der Waals surface area contributed by atoms with Crippen molar-refractivity contribution in [1.82, 2.24) is 4.98 Å². The fourth-order valence-corrected chi connectivity index (χ4v) is 3.91. The highest BCUT2D eigenvalue weighted by atomic mass is 32.1. The molecular formula is C19H22FNO3S. The lowest BCUT2D eigenvalue weighted by molar-refractivity contribution is -0.151. The van der Waals surface area contributed by atoms with Gasteiger partial charge in [0.15, 0.2) is 0 Å². The van der Waals surface area contributed by atoms with Gasteiger partial charge in [-0.15, -0.1) is 11.3 Å². The average molecular weight is 363 g/mol. The monoisotopic (exact) mass is 363 g/mol. The van der Waals surface area contributed by atoms with Crippen LogP contribution in [-0.4, -0.2) is 30.3 Å². The van der Waals surface area contributed by atoms with E-state index in [4.69, 9.17) is 9.47 Å². The zero-order chi connectivity index (χ0) is 17.6. The van der Waals surface area contributed by atoms with Gasteiger partial charge in [0.1, 0.15) is 11.9 Å². The maximum absolute atomic E-state index is 12.9. The molecule has 0 unspecified atom stereocenters. The maximum Gasteiger partial charge on any atom is 0.312 e. The first-order valence-electron chi connectivity index (χ1n) is 8.52. The Morgan fingerprint density at radius 3 is 2.80 bits per heavy atom. The van der Waals surface area contributed by atoms with E-state index in [9.17, 15) is 9.18 Å². The molecule has 1 aliphatic rings. The fraction of sp³-hybridized carbons (Fsp3) is 0.474. The van der Waals surface area contributed by atoms with Gasteiger partial charge in [-0.3, -0.25) is 4.79 Å². The standard InChI is InChI=1S/C19H22FNO3S/c1-23-16-3-2-4-17(11-16)24-19(22)10-15-12-25-18(21-15)9-13-5-7-14(20)8-6-13/h5-8,12,16-17H,2-4,9-11H2,1H3/t16-,17-/m1/s1. The zero-order valence-electron chi connectivity index (χ0n) is 14.2. The largest absolute Gasteiger partial charge is 0.462 e. The van der Waals surface area contributed by atoms with Gasteiger partial charge in [-0.1, -0.05) is 12.1 Å². The molecule has 1 heterocycles. The van der Waals surface area contributed by atoms with Crippen LogP contribution in [0.3, 0.4) is 0 Å². The van der Waals surface area contributed by atoms with Crippen LogP contribution in [0.2, 0.25) is 0 Å². The van der Waals surface area contributed by atoms with Crippen LogP contribution in [0.4, 0.5) is 4.39 Å². The van der Waals surface area contributed by atoms with E-state index in [1.54, 1.807) is 19.2 Å². The predicted octanol–water partition coefficient (Wildman–Crippen LogP) is 3.92. The number of benzene rings is 1. The molecular weight excluding hydrogens is 341 g/mol. The second-order valence-corrected chi connectivity index (χ2v) is 7.29. The second kappa shape index (κ2) is 8.54. The van der Waals surface area contributed by atoms with E-state index < -0.39 is 0 Å². The normalized spacial score (nSPS) is 20.4. The van der Waals surface area contributed by atoms with Gasteiger partial charge >= 0.3 is 5.97 Å². The first-order valence-corrected chi connectivity index (χ1v) is 9.40. The van der Waals surface area contributed by atoms with E-state index in [0.717, 1.165) is 41.9 Å². The Morgan fingerprint density at radius 2 is 2.04 bits per heavy atom. The lowest BCUT2D eigenvalue weighted by Gasteiger charge is -2.27. The van der Waals surface area contributed by atoms with Crippen LogP contribution in [0.5, 0.6) is 0 Å². The van der Waals surface area contributed by atoms with Crippen LogP contribution in [0.1, 0.15) is 41.9 Å². The first kappa shape index (κ1) is 18.0. The molecule has 1 aromatic carbocycles. The fourth-order valence-electron chi connectivity index (χ4n) is 3.09. The minimum atomic E-state index is -0.246. The van der Waals surface area contributed by atoms with Gasteiger partial charge in [-0.25, -0.2) is 9.37 Å². The number of nitrogens with zero attached hydrogens (tertiary/aromatic N) is 1. The number of carbonyl (C=O) groups is 1. The van der Waals surface area contributed by atoms with Crippen molar-refractivity contribution in [2.75, 3.05) is 7.11 Å². The lowest BCUT2D eigenvalue weighted by atomic mass is 9.95. The topological polar surface area (TPSA) is 48.4 Å². The van der Waals surface area contributed by atoms with Crippen molar-refractivity contribution in [2.24, 2.45) is 0 Å². The summed E-state index contributed by atoms with van der Waals surface area (Å²) in [4.78, 5) is 16.6. The van der Waals surface area contributed by atoms with Crippen molar-refractivity contribution >= 4 is 17.3 Å². The summed E-state index contributed by atoms with van der Waals surface area (Å²) in [5.74, 6) is -0.481. The van der Waals surface area contributed by atoms with Crippen molar-refractivity contribution in [1.29, 1.82) is 0 Å². The molecule has 0 spiro atoms. The number of esters is 1. The van der Waals surface area contributed by atoms with E-state index in [2.05, 4.69) is 4.98 Å². The number of rotatable bonds is 6. The van der Waals surface area contributed by atoms with Crippen molar-refractivity contribution in [2.45, 2.75) is 50.7 Å². The first-order chi connectivity index (χ1) is 12.1. The van der Waals surface area contributed by atoms with E-state index in [0.29, 0.717) is 6.42 Å². The van der Waals surface area contributed by atoms with Crippen LogP contribution in [0, 0.1) is 5.82 Å². The summed E-state index contributed by atoms with van der Waals surface area (Å²) in [6, 6.07) is 6.39. The highest BCUT2D eigenvalue weighted by Gasteiger charge is 2.24. The summed E-state index contributed by atoms with van der Waals surface area (Å²) in [5, 5.41) is 2.80. The van der Waals surface area contributed by atoms with Gasteiger partial charge in [-0.2, -0.15) is 0 Å². The second-order valence-electron chi connectivity index (χ2n) is 6.35. The highest BCUT2D eigenvalue weighted by molar-refractivity contribution is 7.09. The minimum Gasteiger partial charge on any atom is -0.462 e. The van der Waals surface area contributed by atoms with Crippen LogP contribution in [0.25, 0.3) is 0 Å². The van der Waals surface area contributed by atoms with Gasteiger partial charge in [0.25, 0.3) is 0 Å². The molecule has 0 amide bonds. The number of hydrogen-bond acceptors (Lipinski definition) is 5. The number of carbonyl (C=O) groups excluding carboxylic acids is 1. The molecule has 3 rings (SSSR count). The van der Waals surface area contributed by atoms with Gasteiger partial charge in [0.05, 0.1) is 23.2 Å². The Kier molecular flexibility index (Phi) is 6.15. The quantitative estimate of drug-likeness (QED) is 0.730. The molecule has 0 bridgehead atoms. The number of thiazole rings is 1. The molecule has 2 atom stereocenters. The van der Waals surface area contributed by atoms with Crippen LogP contribution in [-0.2, 0) is 27.1 Å². The molecule has 6 heteroatoms. The highest BCUT2D eigenvalue weighted by Crippen LogP contribution is 2.23. The Morgan fingerprint density at radius 1 is 1.28 bits per heavy atom. The SMILES string of the molecule is CO[C@@H]1CCC[C@@H](OC(=O)Cc2csc(Cc3ccc(F)cc3)n2)C1. The van der Waals surface area contributed by atoms with E-state index in [1.807, 2.05) is 5.38 Å². The summed E-state index contributed by atoms with van der Waals surface area (Å²) in [6.07, 6.45) is 4.69. The minimum absolute atomic E-state index is 0.0523. The molecule has 4 nitrogen and oxygen atoms in total. The van der Waals surface area contributed by atoms with E-state index in [-0.39, 0.29) is 30.4 Å². The maximum atomic E-state index is 12.9. The van der Waals surface area contributed by atoms with Gasteiger partial charge in [0, 0.05) is 25.3 Å². The van der Waals surface area contributed by atoms with Crippen LogP contribution in [0.15, 0.2) is 29.6 Å². The molecule has 0 aliphatic heterocycles. The zero-order valence-corrected chi connectivity index (χ0v) is 15.1. The summed E-state index contributed by atoms with van der Waals surface area (Å²) in [5.41, 5.74) is 1.73. The summed E-state index contributed by atoms with van der Waals surface area (Å²) < 4.78 is 23.9. The number of hydrogen-bond donors (Lipinski definition) is 0. The summed E-state index contributed by atoms with van der Waals surface area (Å²) >= 11 is 1.51. The van der Waals surface area contributed by atoms with Crippen LogP contribution < -0.4 is 0 Å². The van der Waals surface area contributed by atoms with Crippen molar-refractivity contribution in [3.63, 3.8) is 0 Å². The number of methoxy groups -OCH3 is 1. The number of aromatic nitrogens is 1. The molecule has 25 heavy (non-hydrogen) atoms. The average Bonchev–Trinajstić information content (AvgIpc) is 3.04. The third-order valence-electron chi connectivity index (χ3n) is 4.40. The molecule has 1 saturated carbocycles. The Labute approximate surface area is 151 Å². The van der Waals surface area contributed by atoms with Crippen molar-refractivity contribution in [3.05, 3.63) is 51.7 Å². The number of halogens is 1. The van der Waals surface area contributed by atoms with Crippen molar-refractivity contribution < 1.29 is 18.7 Å². The van der Waals surface area contributed by atoms with E-state index >= 15 is 0 Å². The molecule has 1 aliphatic carbocycles. The third kappa shape index (κ3) is 5.34. The van der Waals surface area contributed by atoms with Gasteiger partial charge in [-0.05, 0) is 37.0 Å². The molecule has 134 valence electrons. The predicted molar refractivity (Wildman–Crippen MR) is 94.2 cm³/mol. The smallest absolute Gasteiger partial charge is 0.312 e. The molecule has 1 aromatic heterocycles. The van der Waals surface area contributed by atoms with Crippen molar-refractivity contribution in [3.8, 4) is 0 Å². The Bertz CT molecular complexity index is 701. The summed E-state index contributed by atoms with van der Waals surface area (Å²) in [7, 11) is 1.70. The lowest BCUT2D eigenvalue weighted by Crippen LogP contribution is -2.29. The Hall–Kier alpha value is -1.79. The third-order valence-corrected chi connectivity index (χ3v) is 5.30. The molecule has 0 saturated heterocycles. The van der Waals surface area contributed by atoms with E-state index in [1.165, 1.54) is 23.5 Å². The molecule has 0 N–H and O–H groups in total. The Balaban J connectivity index is 1.50.